The quantitative estimate of drug-likeness (QED) is 0.291. The van der Waals surface area contributed by atoms with Crippen LogP contribution in [0, 0.1) is 5.41 Å². The molecule has 0 unspecified atom stereocenters. The fourth-order valence-electron chi connectivity index (χ4n) is 2.50. The van der Waals surface area contributed by atoms with Gasteiger partial charge in [0.25, 0.3) is 0 Å². The Morgan fingerprint density at radius 3 is 2.62 bits per heavy atom. The number of nitrogens with two attached hydrogens (primary N) is 1. The van der Waals surface area contributed by atoms with E-state index < -0.39 is 0 Å². The van der Waals surface area contributed by atoms with Crippen LogP contribution in [0.2, 0.25) is 5.02 Å². The molecule has 0 fully saturated rings. The minimum atomic E-state index is -0.185. The third kappa shape index (κ3) is 5.42. The van der Waals surface area contributed by atoms with Crippen molar-refractivity contribution in [2.75, 3.05) is 18.1 Å². The van der Waals surface area contributed by atoms with Crippen molar-refractivity contribution in [3.63, 3.8) is 0 Å². The van der Waals surface area contributed by atoms with E-state index >= 15 is 0 Å². The topological polar surface area (TPSA) is 74.4 Å². The molecule has 2 aromatic carbocycles. The molecule has 0 radical (unpaired) electrons. The number of anilines is 1. The zero-order chi connectivity index (χ0) is 18.9. The van der Waals surface area contributed by atoms with Crippen molar-refractivity contribution in [1.82, 2.24) is 5.32 Å². The summed E-state index contributed by atoms with van der Waals surface area (Å²) in [5.41, 5.74) is 8.49. The second-order valence-electron chi connectivity index (χ2n) is 5.59. The first-order valence-corrected chi connectivity index (χ1v) is 9.14. The molecule has 7 heteroatoms. The largest absolute Gasteiger partial charge is 0.375 e. The Morgan fingerprint density at radius 1 is 1.23 bits per heavy atom. The summed E-state index contributed by atoms with van der Waals surface area (Å²) in [6.45, 7) is 3.53. The number of aryl methyl sites for hydroxylation is 1. The summed E-state index contributed by atoms with van der Waals surface area (Å²) < 4.78 is 5.63. The van der Waals surface area contributed by atoms with Crippen LogP contribution >= 0.6 is 23.8 Å². The van der Waals surface area contributed by atoms with Crippen LogP contribution in [-0.4, -0.2) is 24.2 Å². The molecule has 0 aliphatic rings. The minimum absolute atomic E-state index is 0.185. The predicted octanol–water partition coefficient (Wildman–Crippen LogP) is 3.69. The summed E-state index contributed by atoms with van der Waals surface area (Å²) in [5.74, 6) is -0.185. The van der Waals surface area contributed by atoms with Gasteiger partial charge in [0.1, 0.15) is 0 Å². The molecule has 0 atom stereocenters. The molecule has 2 aromatic rings. The van der Waals surface area contributed by atoms with E-state index in [-0.39, 0.29) is 5.96 Å². The lowest BCUT2D eigenvalue weighted by atomic mass is 10.1. The van der Waals surface area contributed by atoms with Gasteiger partial charge in [-0.1, -0.05) is 61.0 Å². The van der Waals surface area contributed by atoms with Gasteiger partial charge in [0, 0.05) is 6.54 Å². The number of nitrogens with zero attached hydrogens (tertiary/aromatic N) is 1. The highest BCUT2D eigenvalue weighted by molar-refractivity contribution is 7.80. The summed E-state index contributed by atoms with van der Waals surface area (Å²) in [6.07, 6.45) is 0.752. The number of para-hydroxylation sites is 1. The Labute approximate surface area is 164 Å². The first-order valence-electron chi connectivity index (χ1n) is 8.35. The van der Waals surface area contributed by atoms with Crippen molar-refractivity contribution in [2.24, 2.45) is 5.73 Å². The molecular formula is C19H23ClN4OS. The summed E-state index contributed by atoms with van der Waals surface area (Å²) >= 11 is 11.8. The van der Waals surface area contributed by atoms with Crippen LogP contribution in [-0.2, 0) is 17.8 Å². The van der Waals surface area contributed by atoms with Crippen LogP contribution in [0.3, 0.4) is 0 Å². The number of thiocarbonyl (C=S) groups is 1. The maximum atomic E-state index is 7.90. The normalized spacial score (nSPS) is 10.4. The predicted molar refractivity (Wildman–Crippen MR) is 112 cm³/mol. The van der Waals surface area contributed by atoms with Gasteiger partial charge in [-0.25, -0.2) is 0 Å². The van der Waals surface area contributed by atoms with Crippen LogP contribution in [0.25, 0.3) is 0 Å². The summed E-state index contributed by atoms with van der Waals surface area (Å²) in [5, 5.41) is 11.8. The zero-order valence-electron chi connectivity index (χ0n) is 14.7. The van der Waals surface area contributed by atoms with Gasteiger partial charge >= 0.3 is 0 Å². The molecule has 0 spiro atoms. The Balaban J connectivity index is 1.94. The fourth-order valence-corrected chi connectivity index (χ4v) is 3.07. The Hall–Kier alpha value is -2.15. The van der Waals surface area contributed by atoms with E-state index in [0.717, 1.165) is 17.5 Å². The van der Waals surface area contributed by atoms with E-state index in [1.807, 2.05) is 49.4 Å². The molecule has 0 saturated heterocycles. The highest BCUT2D eigenvalue weighted by Crippen LogP contribution is 2.30. The van der Waals surface area contributed by atoms with E-state index in [1.54, 1.807) is 6.07 Å². The van der Waals surface area contributed by atoms with Crippen molar-refractivity contribution in [3.8, 4) is 0 Å². The Kier molecular flexibility index (Phi) is 7.84. The number of ether oxygens (including phenoxy) is 1. The van der Waals surface area contributed by atoms with Crippen LogP contribution in [0.1, 0.15) is 18.1 Å². The third-order valence-electron chi connectivity index (χ3n) is 3.75. The van der Waals surface area contributed by atoms with E-state index in [4.69, 9.17) is 39.7 Å². The molecule has 0 heterocycles. The minimum Gasteiger partial charge on any atom is -0.375 e. The van der Waals surface area contributed by atoms with E-state index in [2.05, 4.69) is 5.32 Å². The van der Waals surface area contributed by atoms with Gasteiger partial charge in [-0.05, 0) is 35.8 Å². The average Bonchev–Trinajstić information content (AvgIpc) is 2.63. The van der Waals surface area contributed by atoms with E-state index in [9.17, 15) is 0 Å². The average molecular weight is 391 g/mol. The van der Waals surface area contributed by atoms with Crippen LogP contribution in [0.15, 0.2) is 48.5 Å². The Morgan fingerprint density at radius 2 is 1.96 bits per heavy atom. The molecule has 0 bridgehead atoms. The molecule has 0 aliphatic carbocycles. The number of rotatable bonds is 7. The number of hydrogen-bond donors (Lipinski definition) is 3. The molecule has 4 N–H and O–H groups in total. The lowest BCUT2D eigenvalue weighted by Gasteiger charge is -2.27. The standard InChI is InChI=1S/C19H23ClN4OS/c1-2-15-9-6-10-16(20)17(15)24(18(21)22)19(26)23-11-12-25-13-14-7-4-3-5-8-14/h3-10H,2,11-13H2,1H3,(H3,21,22)(H,23,26). The molecule has 0 amide bonds. The highest BCUT2D eigenvalue weighted by Gasteiger charge is 2.20. The number of benzene rings is 2. The second-order valence-corrected chi connectivity index (χ2v) is 6.39. The summed E-state index contributed by atoms with van der Waals surface area (Å²) in [6, 6.07) is 15.5. The molecular weight excluding hydrogens is 368 g/mol. The number of guanidine groups is 1. The van der Waals surface area contributed by atoms with Crippen molar-refractivity contribution in [1.29, 1.82) is 5.41 Å². The maximum absolute atomic E-state index is 7.90. The van der Waals surface area contributed by atoms with Gasteiger partial charge < -0.3 is 15.8 Å². The molecule has 0 aliphatic heterocycles. The molecule has 138 valence electrons. The lowest BCUT2D eigenvalue weighted by Crippen LogP contribution is -2.48. The van der Waals surface area contributed by atoms with Gasteiger partial charge in [-0.15, -0.1) is 0 Å². The zero-order valence-corrected chi connectivity index (χ0v) is 16.2. The first kappa shape index (κ1) is 20.2. The lowest BCUT2D eigenvalue weighted by molar-refractivity contribution is 0.125. The maximum Gasteiger partial charge on any atom is 0.199 e. The van der Waals surface area contributed by atoms with Crippen molar-refractivity contribution < 1.29 is 4.74 Å². The van der Waals surface area contributed by atoms with Gasteiger partial charge in [0.05, 0.1) is 23.9 Å². The fraction of sp³-hybridized carbons (Fsp3) is 0.263. The molecule has 0 saturated carbocycles. The van der Waals surface area contributed by atoms with Crippen molar-refractivity contribution in [2.45, 2.75) is 20.0 Å². The number of halogens is 1. The molecule has 0 aromatic heterocycles. The van der Waals surface area contributed by atoms with Crippen LogP contribution in [0.4, 0.5) is 5.69 Å². The van der Waals surface area contributed by atoms with Crippen molar-refractivity contribution in [3.05, 3.63) is 64.7 Å². The Bertz CT molecular complexity index is 754. The molecule has 26 heavy (non-hydrogen) atoms. The highest BCUT2D eigenvalue weighted by atomic mass is 35.5. The summed E-state index contributed by atoms with van der Waals surface area (Å²) in [4.78, 5) is 1.45. The van der Waals surface area contributed by atoms with Gasteiger partial charge in [0.2, 0.25) is 0 Å². The second kappa shape index (κ2) is 10.1. The number of hydrogen-bond acceptors (Lipinski definition) is 3. The van der Waals surface area contributed by atoms with Gasteiger partial charge in [0.15, 0.2) is 11.1 Å². The SMILES string of the molecule is CCc1cccc(Cl)c1N(C(=N)N)C(=S)NCCOCc1ccccc1. The first-order chi connectivity index (χ1) is 12.5. The monoisotopic (exact) mass is 390 g/mol. The van der Waals surface area contributed by atoms with Gasteiger partial charge in [-0.2, -0.15) is 0 Å². The number of nitrogens with one attached hydrogen (secondary N) is 2. The van der Waals surface area contributed by atoms with E-state index in [0.29, 0.717) is 35.6 Å². The molecule has 2 rings (SSSR count). The smallest absolute Gasteiger partial charge is 0.199 e. The van der Waals surface area contributed by atoms with E-state index in [1.165, 1.54) is 4.90 Å². The van der Waals surface area contributed by atoms with Crippen LogP contribution in [0.5, 0.6) is 0 Å². The molecule has 5 nitrogen and oxygen atoms in total. The third-order valence-corrected chi connectivity index (χ3v) is 4.38. The van der Waals surface area contributed by atoms with Gasteiger partial charge in [-0.3, -0.25) is 10.3 Å². The summed E-state index contributed by atoms with van der Waals surface area (Å²) in [7, 11) is 0. The van der Waals surface area contributed by atoms with Crippen LogP contribution < -0.4 is 16.0 Å². The van der Waals surface area contributed by atoms with Crippen molar-refractivity contribution >= 4 is 40.6 Å².